The number of hydrogen-bond acceptors (Lipinski definition) is 4. The van der Waals surface area contributed by atoms with Crippen LogP contribution in [0.2, 0.25) is 5.02 Å². The normalized spacial score (nSPS) is 21.9. The van der Waals surface area contributed by atoms with Crippen LogP contribution < -0.4 is 4.74 Å². The van der Waals surface area contributed by atoms with Crippen LogP contribution in [0.15, 0.2) is 24.3 Å². The Balaban J connectivity index is 1.82. The van der Waals surface area contributed by atoms with Crippen LogP contribution in [-0.4, -0.2) is 66.8 Å². The number of halogens is 1. The Morgan fingerprint density at radius 3 is 2.87 bits per heavy atom. The minimum absolute atomic E-state index is 0.0401. The van der Waals surface area contributed by atoms with Crippen molar-refractivity contribution in [3.63, 3.8) is 0 Å². The molecule has 6 heteroatoms. The second-order valence-corrected chi connectivity index (χ2v) is 6.76. The summed E-state index contributed by atoms with van der Waals surface area (Å²) in [6.45, 7) is 2.61. The second kappa shape index (κ2) is 7.99. The Morgan fingerprint density at radius 1 is 1.43 bits per heavy atom. The molecule has 1 aromatic carbocycles. The maximum atomic E-state index is 11.9. The molecule has 1 atom stereocenters. The summed E-state index contributed by atoms with van der Waals surface area (Å²) in [5.41, 5.74) is -0.940. The van der Waals surface area contributed by atoms with Crippen molar-refractivity contribution in [3.8, 4) is 5.75 Å². The Kier molecular flexibility index (Phi) is 6.27. The van der Waals surface area contributed by atoms with Gasteiger partial charge >= 0.3 is 0 Å². The maximum absolute atomic E-state index is 11.9. The molecule has 1 fully saturated rings. The van der Waals surface area contributed by atoms with E-state index < -0.39 is 5.60 Å². The van der Waals surface area contributed by atoms with Crippen LogP contribution >= 0.6 is 11.6 Å². The van der Waals surface area contributed by atoms with Gasteiger partial charge in [0.05, 0.1) is 17.0 Å². The van der Waals surface area contributed by atoms with Gasteiger partial charge in [-0.15, -0.1) is 0 Å². The summed E-state index contributed by atoms with van der Waals surface area (Å²) in [6, 6.07) is 7.38. The number of benzene rings is 1. The van der Waals surface area contributed by atoms with Gasteiger partial charge in [0.15, 0.2) is 0 Å². The average Bonchev–Trinajstić information content (AvgIpc) is 2.49. The molecular weight excluding hydrogens is 316 g/mol. The highest BCUT2D eigenvalue weighted by Gasteiger charge is 2.35. The van der Waals surface area contributed by atoms with Gasteiger partial charge in [0, 0.05) is 27.2 Å². The van der Waals surface area contributed by atoms with Gasteiger partial charge in [-0.1, -0.05) is 23.7 Å². The Hall–Kier alpha value is -1.30. The van der Waals surface area contributed by atoms with E-state index >= 15 is 0 Å². The fraction of sp³-hybridized carbons (Fsp3) is 0.588. The van der Waals surface area contributed by atoms with E-state index in [-0.39, 0.29) is 12.3 Å². The molecule has 1 unspecified atom stereocenters. The largest absolute Gasteiger partial charge is 0.491 e. The minimum Gasteiger partial charge on any atom is -0.491 e. The van der Waals surface area contributed by atoms with Crippen molar-refractivity contribution in [1.29, 1.82) is 0 Å². The molecule has 23 heavy (non-hydrogen) atoms. The number of piperidine rings is 1. The molecule has 1 aliphatic rings. The first-order valence-electron chi connectivity index (χ1n) is 7.92. The molecule has 1 N–H and O–H groups in total. The number of rotatable bonds is 6. The zero-order valence-corrected chi connectivity index (χ0v) is 14.6. The number of hydrogen-bond donors (Lipinski definition) is 1. The first-order chi connectivity index (χ1) is 10.9. The van der Waals surface area contributed by atoms with Gasteiger partial charge in [0.1, 0.15) is 12.4 Å². The zero-order chi connectivity index (χ0) is 16.9. The lowest BCUT2D eigenvalue weighted by molar-refractivity contribution is -0.136. The van der Waals surface area contributed by atoms with E-state index in [4.69, 9.17) is 16.3 Å². The van der Waals surface area contributed by atoms with Gasteiger partial charge in [-0.3, -0.25) is 9.69 Å². The van der Waals surface area contributed by atoms with E-state index in [0.29, 0.717) is 36.9 Å². The monoisotopic (exact) mass is 340 g/mol. The smallest absolute Gasteiger partial charge is 0.224 e. The molecule has 0 bridgehead atoms. The minimum atomic E-state index is -0.940. The molecule has 0 spiro atoms. The lowest BCUT2D eigenvalue weighted by atomic mass is 9.89. The quantitative estimate of drug-likeness (QED) is 0.861. The molecule has 0 radical (unpaired) electrons. The summed E-state index contributed by atoms with van der Waals surface area (Å²) in [4.78, 5) is 15.5. The number of para-hydroxylation sites is 1. The van der Waals surface area contributed by atoms with Gasteiger partial charge in [0.25, 0.3) is 0 Å². The number of likely N-dealkylation sites (tertiary alicyclic amines) is 1. The number of carbonyl (C=O) groups excluding carboxylic acids is 1. The van der Waals surface area contributed by atoms with Crippen molar-refractivity contribution < 1.29 is 14.6 Å². The third-order valence-electron chi connectivity index (χ3n) is 4.12. The molecule has 1 heterocycles. The molecule has 1 saturated heterocycles. The molecule has 1 amide bonds. The Labute approximate surface area is 142 Å². The zero-order valence-electron chi connectivity index (χ0n) is 13.8. The highest BCUT2D eigenvalue weighted by Crippen LogP contribution is 2.26. The third kappa shape index (κ3) is 5.37. The lowest BCUT2D eigenvalue weighted by Crippen LogP contribution is -2.51. The number of nitrogens with zero attached hydrogens (tertiary/aromatic N) is 2. The first-order valence-corrected chi connectivity index (χ1v) is 8.30. The molecule has 5 nitrogen and oxygen atoms in total. The van der Waals surface area contributed by atoms with E-state index in [1.807, 2.05) is 18.2 Å². The highest BCUT2D eigenvalue weighted by molar-refractivity contribution is 6.32. The van der Waals surface area contributed by atoms with Gasteiger partial charge in [0.2, 0.25) is 5.91 Å². The molecule has 1 aromatic rings. The molecular formula is C17H25ClN2O3. The maximum Gasteiger partial charge on any atom is 0.224 e. The summed E-state index contributed by atoms with van der Waals surface area (Å²) < 4.78 is 5.70. The molecule has 1 aliphatic heterocycles. The third-order valence-corrected chi connectivity index (χ3v) is 4.43. The molecule has 0 aliphatic carbocycles. The SMILES string of the molecule is CN(C)C(=O)CC1(O)CCCN(CCOc2ccccc2Cl)C1. The lowest BCUT2D eigenvalue weighted by Gasteiger charge is -2.39. The number of amides is 1. The van der Waals surface area contributed by atoms with Crippen LogP contribution in [0.3, 0.4) is 0 Å². The second-order valence-electron chi connectivity index (χ2n) is 6.35. The van der Waals surface area contributed by atoms with E-state index in [1.54, 1.807) is 20.2 Å². The van der Waals surface area contributed by atoms with Crippen LogP contribution in [0.1, 0.15) is 19.3 Å². The van der Waals surface area contributed by atoms with Crippen molar-refractivity contribution in [2.45, 2.75) is 24.9 Å². The molecule has 128 valence electrons. The molecule has 0 aromatic heterocycles. The fourth-order valence-corrected chi connectivity index (χ4v) is 3.02. The standard InChI is InChI=1S/C17H25ClN2O3/c1-19(2)16(21)12-17(22)8-5-9-20(13-17)10-11-23-15-7-4-3-6-14(15)18/h3-4,6-7,22H,5,8-13H2,1-2H3. The summed E-state index contributed by atoms with van der Waals surface area (Å²) >= 11 is 6.06. The van der Waals surface area contributed by atoms with Gasteiger partial charge in [-0.2, -0.15) is 0 Å². The highest BCUT2D eigenvalue weighted by atomic mass is 35.5. The van der Waals surface area contributed by atoms with Crippen LogP contribution in [0.5, 0.6) is 5.75 Å². The molecule has 2 rings (SSSR count). The van der Waals surface area contributed by atoms with Crippen LogP contribution in [0, 0.1) is 0 Å². The van der Waals surface area contributed by atoms with Crippen LogP contribution in [0.25, 0.3) is 0 Å². The van der Waals surface area contributed by atoms with E-state index in [1.165, 1.54) is 4.90 Å². The Morgan fingerprint density at radius 2 is 2.17 bits per heavy atom. The summed E-state index contributed by atoms with van der Waals surface area (Å²) in [7, 11) is 3.42. The van der Waals surface area contributed by atoms with Gasteiger partial charge in [-0.05, 0) is 31.5 Å². The van der Waals surface area contributed by atoms with Crippen molar-refractivity contribution in [2.75, 3.05) is 40.3 Å². The predicted molar refractivity (Wildman–Crippen MR) is 90.9 cm³/mol. The number of ether oxygens (including phenoxy) is 1. The summed E-state index contributed by atoms with van der Waals surface area (Å²) in [5, 5.41) is 11.3. The Bertz CT molecular complexity index is 538. The number of carbonyl (C=O) groups is 1. The van der Waals surface area contributed by atoms with E-state index in [2.05, 4.69) is 4.90 Å². The van der Waals surface area contributed by atoms with Crippen molar-refractivity contribution in [3.05, 3.63) is 29.3 Å². The van der Waals surface area contributed by atoms with Crippen LogP contribution in [-0.2, 0) is 4.79 Å². The first kappa shape index (κ1) is 18.0. The topological polar surface area (TPSA) is 53.0 Å². The average molecular weight is 341 g/mol. The van der Waals surface area contributed by atoms with Crippen molar-refractivity contribution in [1.82, 2.24) is 9.80 Å². The summed E-state index contributed by atoms with van der Waals surface area (Å²) in [5.74, 6) is 0.630. The molecule has 0 saturated carbocycles. The van der Waals surface area contributed by atoms with Crippen molar-refractivity contribution >= 4 is 17.5 Å². The predicted octanol–water partition coefficient (Wildman–Crippen LogP) is 2.02. The summed E-state index contributed by atoms with van der Waals surface area (Å²) in [6.07, 6.45) is 1.71. The van der Waals surface area contributed by atoms with Crippen molar-refractivity contribution in [2.24, 2.45) is 0 Å². The number of aliphatic hydroxyl groups is 1. The fourth-order valence-electron chi connectivity index (χ4n) is 2.83. The van der Waals surface area contributed by atoms with E-state index in [9.17, 15) is 9.90 Å². The van der Waals surface area contributed by atoms with Crippen LogP contribution in [0.4, 0.5) is 0 Å². The van der Waals surface area contributed by atoms with E-state index in [0.717, 1.165) is 13.0 Å². The number of β-amino-alcohol motifs (C(OH)–C–C–N with tert-alkyl or cyclic N) is 1. The van der Waals surface area contributed by atoms with Gasteiger partial charge in [-0.25, -0.2) is 0 Å². The van der Waals surface area contributed by atoms with Gasteiger partial charge < -0.3 is 14.7 Å².